The van der Waals surface area contributed by atoms with Crippen LogP contribution in [0, 0.1) is 12.7 Å². The fourth-order valence-corrected chi connectivity index (χ4v) is 2.05. The SMILES string of the molecule is Cc1c(N)cc(F)cc1Nc1cc(Cl)cc(C(F)(F)F)c1. The highest BCUT2D eigenvalue weighted by atomic mass is 35.5. The molecule has 2 aromatic carbocycles. The number of nitrogens with one attached hydrogen (secondary N) is 1. The topological polar surface area (TPSA) is 38.0 Å². The van der Waals surface area contributed by atoms with Crippen LogP contribution in [0.1, 0.15) is 11.1 Å². The molecule has 0 aliphatic heterocycles. The number of nitrogens with two attached hydrogens (primary N) is 1. The van der Waals surface area contributed by atoms with Crippen LogP contribution >= 0.6 is 11.6 Å². The van der Waals surface area contributed by atoms with E-state index in [2.05, 4.69) is 5.32 Å². The molecule has 2 aromatic rings. The van der Waals surface area contributed by atoms with Gasteiger partial charge >= 0.3 is 6.18 Å². The van der Waals surface area contributed by atoms with Crippen LogP contribution < -0.4 is 11.1 Å². The van der Waals surface area contributed by atoms with Crippen molar-refractivity contribution in [3.05, 3.63) is 52.3 Å². The lowest BCUT2D eigenvalue weighted by Crippen LogP contribution is -2.06. The standard InChI is InChI=1S/C14H11ClF4N2/c1-7-12(20)5-10(16)6-13(7)21-11-3-8(14(17,18)19)2-9(15)4-11/h2-6,21H,20H2,1H3. The van der Waals surface area contributed by atoms with E-state index in [4.69, 9.17) is 17.3 Å². The minimum atomic E-state index is -4.52. The zero-order valence-corrected chi connectivity index (χ0v) is 11.6. The van der Waals surface area contributed by atoms with Gasteiger partial charge in [-0.05, 0) is 42.8 Å². The number of benzene rings is 2. The third-order valence-electron chi connectivity index (χ3n) is 2.92. The summed E-state index contributed by atoms with van der Waals surface area (Å²) in [6, 6.07) is 5.32. The van der Waals surface area contributed by atoms with Crippen molar-refractivity contribution in [1.82, 2.24) is 0 Å². The van der Waals surface area contributed by atoms with E-state index in [0.717, 1.165) is 24.3 Å². The van der Waals surface area contributed by atoms with Crippen LogP contribution in [0.4, 0.5) is 34.6 Å². The lowest BCUT2D eigenvalue weighted by Gasteiger charge is -2.14. The molecule has 0 spiro atoms. The molecule has 0 amide bonds. The molecule has 0 aromatic heterocycles. The van der Waals surface area contributed by atoms with Crippen LogP contribution in [0.25, 0.3) is 0 Å². The Morgan fingerprint density at radius 3 is 2.38 bits per heavy atom. The molecule has 7 heteroatoms. The number of hydrogen-bond acceptors (Lipinski definition) is 2. The highest BCUT2D eigenvalue weighted by Crippen LogP contribution is 2.35. The highest BCUT2D eigenvalue weighted by Gasteiger charge is 2.31. The molecule has 0 bridgehead atoms. The van der Waals surface area contributed by atoms with Gasteiger partial charge in [0.1, 0.15) is 5.82 Å². The first-order valence-corrected chi connectivity index (χ1v) is 6.25. The maximum atomic E-state index is 13.3. The number of rotatable bonds is 2. The van der Waals surface area contributed by atoms with Crippen LogP contribution in [-0.2, 0) is 6.18 Å². The molecule has 0 unspecified atom stereocenters. The van der Waals surface area contributed by atoms with Crippen LogP contribution in [0.5, 0.6) is 0 Å². The second-order valence-corrected chi connectivity index (χ2v) is 4.96. The van der Waals surface area contributed by atoms with Crippen LogP contribution in [0.15, 0.2) is 30.3 Å². The van der Waals surface area contributed by atoms with Gasteiger partial charge in [-0.15, -0.1) is 0 Å². The molecule has 112 valence electrons. The second kappa shape index (κ2) is 5.44. The van der Waals surface area contributed by atoms with Gasteiger partial charge in [0, 0.05) is 22.1 Å². The van der Waals surface area contributed by atoms with Crippen molar-refractivity contribution in [2.75, 3.05) is 11.1 Å². The summed E-state index contributed by atoms with van der Waals surface area (Å²) in [5.74, 6) is -0.585. The van der Waals surface area contributed by atoms with E-state index in [1.54, 1.807) is 6.92 Å². The van der Waals surface area contributed by atoms with Gasteiger partial charge in [-0.1, -0.05) is 11.6 Å². The summed E-state index contributed by atoms with van der Waals surface area (Å²) >= 11 is 5.69. The predicted molar refractivity (Wildman–Crippen MR) is 75.3 cm³/mol. The average molecular weight is 319 g/mol. The number of halogens is 5. The first-order chi connectivity index (χ1) is 9.66. The quantitative estimate of drug-likeness (QED) is 0.595. The van der Waals surface area contributed by atoms with Gasteiger partial charge in [0.05, 0.1) is 5.56 Å². The first-order valence-electron chi connectivity index (χ1n) is 5.87. The van der Waals surface area contributed by atoms with Gasteiger partial charge < -0.3 is 11.1 Å². The Morgan fingerprint density at radius 1 is 1.10 bits per heavy atom. The van der Waals surface area contributed by atoms with Crippen LogP contribution in [0.3, 0.4) is 0 Å². The Hall–Kier alpha value is -1.95. The summed E-state index contributed by atoms with van der Waals surface area (Å²) in [4.78, 5) is 0. The molecular formula is C14H11ClF4N2. The lowest BCUT2D eigenvalue weighted by atomic mass is 10.1. The lowest BCUT2D eigenvalue weighted by molar-refractivity contribution is -0.137. The number of hydrogen-bond donors (Lipinski definition) is 2. The Kier molecular flexibility index (Phi) is 4.00. The molecule has 3 N–H and O–H groups in total. The molecule has 2 nitrogen and oxygen atoms in total. The molecule has 0 saturated heterocycles. The van der Waals surface area contributed by atoms with Crippen molar-refractivity contribution >= 4 is 28.7 Å². The van der Waals surface area contributed by atoms with Gasteiger partial charge in [0.15, 0.2) is 0 Å². The maximum Gasteiger partial charge on any atom is 0.416 e. The molecule has 0 saturated carbocycles. The Labute approximate surface area is 123 Å². The zero-order valence-electron chi connectivity index (χ0n) is 10.9. The molecule has 21 heavy (non-hydrogen) atoms. The first kappa shape index (κ1) is 15.4. The Bertz CT molecular complexity index is 683. The molecule has 0 heterocycles. The normalized spacial score (nSPS) is 11.5. The summed E-state index contributed by atoms with van der Waals surface area (Å²) in [6.07, 6.45) is -4.52. The largest absolute Gasteiger partial charge is 0.416 e. The summed E-state index contributed by atoms with van der Waals surface area (Å²) in [7, 11) is 0. The summed E-state index contributed by atoms with van der Waals surface area (Å²) < 4.78 is 51.5. The van der Waals surface area contributed by atoms with Gasteiger partial charge in [-0.25, -0.2) is 4.39 Å². The third-order valence-corrected chi connectivity index (χ3v) is 3.13. The molecular weight excluding hydrogens is 308 g/mol. The summed E-state index contributed by atoms with van der Waals surface area (Å²) in [6.45, 7) is 1.63. The number of nitrogen functional groups attached to an aromatic ring is 1. The van der Waals surface area contributed by atoms with Crippen LogP contribution in [0.2, 0.25) is 5.02 Å². The number of alkyl halides is 3. The molecule has 0 radical (unpaired) electrons. The Morgan fingerprint density at radius 2 is 1.76 bits per heavy atom. The predicted octanol–water partition coefficient (Wildman–Crippen LogP) is 5.13. The highest BCUT2D eigenvalue weighted by molar-refractivity contribution is 6.31. The molecule has 0 aliphatic rings. The third kappa shape index (κ3) is 3.58. The minimum absolute atomic E-state index is 0.0747. The molecule has 0 atom stereocenters. The van der Waals surface area contributed by atoms with E-state index in [-0.39, 0.29) is 22.1 Å². The van der Waals surface area contributed by atoms with E-state index >= 15 is 0 Å². The van der Waals surface area contributed by atoms with E-state index in [0.29, 0.717) is 5.56 Å². The van der Waals surface area contributed by atoms with Crippen molar-refractivity contribution in [3.8, 4) is 0 Å². The van der Waals surface area contributed by atoms with Gasteiger partial charge in [0.2, 0.25) is 0 Å². The summed E-state index contributed by atoms with van der Waals surface area (Å²) in [5.41, 5.74) is 5.85. The molecule has 0 aliphatic carbocycles. The van der Waals surface area contributed by atoms with Crippen molar-refractivity contribution in [1.29, 1.82) is 0 Å². The van der Waals surface area contributed by atoms with Crippen LogP contribution in [-0.4, -0.2) is 0 Å². The maximum absolute atomic E-state index is 13.3. The van der Waals surface area contributed by atoms with Crippen molar-refractivity contribution in [2.24, 2.45) is 0 Å². The fraction of sp³-hybridized carbons (Fsp3) is 0.143. The monoisotopic (exact) mass is 318 g/mol. The smallest absolute Gasteiger partial charge is 0.398 e. The van der Waals surface area contributed by atoms with Gasteiger partial charge in [-0.2, -0.15) is 13.2 Å². The van der Waals surface area contributed by atoms with E-state index in [9.17, 15) is 17.6 Å². The Balaban J connectivity index is 2.43. The minimum Gasteiger partial charge on any atom is -0.398 e. The van der Waals surface area contributed by atoms with E-state index in [1.807, 2.05) is 0 Å². The molecule has 2 rings (SSSR count). The number of anilines is 3. The zero-order chi connectivity index (χ0) is 15.8. The van der Waals surface area contributed by atoms with Crippen molar-refractivity contribution < 1.29 is 17.6 Å². The van der Waals surface area contributed by atoms with Gasteiger partial charge in [-0.3, -0.25) is 0 Å². The average Bonchev–Trinajstić information content (AvgIpc) is 2.33. The van der Waals surface area contributed by atoms with E-state index < -0.39 is 17.6 Å². The van der Waals surface area contributed by atoms with Crippen molar-refractivity contribution in [2.45, 2.75) is 13.1 Å². The van der Waals surface area contributed by atoms with Gasteiger partial charge in [0.25, 0.3) is 0 Å². The van der Waals surface area contributed by atoms with E-state index in [1.165, 1.54) is 6.07 Å². The summed E-state index contributed by atoms with van der Waals surface area (Å²) in [5, 5.41) is 2.63. The molecule has 0 fully saturated rings. The van der Waals surface area contributed by atoms with Crippen molar-refractivity contribution in [3.63, 3.8) is 0 Å². The fourth-order valence-electron chi connectivity index (χ4n) is 1.81. The second-order valence-electron chi connectivity index (χ2n) is 4.52.